The molecule has 0 radical (unpaired) electrons. The Morgan fingerprint density at radius 2 is 2.50 bits per heavy atom. The molecule has 4 heteroatoms. The number of alkyl halides is 1. The summed E-state index contributed by atoms with van der Waals surface area (Å²) in [4.78, 5) is 10.7. The monoisotopic (exact) mass is 174 g/mol. The summed E-state index contributed by atoms with van der Waals surface area (Å²) in [6.07, 6.45) is 1.03. The molecule has 0 amide bonds. The number of hydrogen-bond donors (Lipinski definition) is 1. The molecule has 1 rings (SSSR count). The van der Waals surface area contributed by atoms with Gasteiger partial charge in [-0.25, -0.2) is 9.18 Å². The highest BCUT2D eigenvalue weighted by molar-refractivity contribution is 5.75. The highest BCUT2D eigenvalue weighted by Gasteiger charge is 2.34. The Labute approximate surface area is 69.8 Å². The van der Waals surface area contributed by atoms with E-state index in [9.17, 15) is 14.3 Å². The van der Waals surface area contributed by atoms with Crippen molar-refractivity contribution in [1.29, 1.82) is 0 Å². The first-order valence-corrected chi connectivity index (χ1v) is 3.73. The predicted molar refractivity (Wildman–Crippen MR) is 40.2 cm³/mol. The summed E-state index contributed by atoms with van der Waals surface area (Å²) in [6, 6.07) is 0. The summed E-state index contributed by atoms with van der Waals surface area (Å²) >= 11 is 0. The van der Waals surface area contributed by atoms with E-state index in [4.69, 9.17) is 0 Å². The zero-order valence-electron chi connectivity index (χ0n) is 6.74. The number of halogens is 1. The van der Waals surface area contributed by atoms with Gasteiger partial charge in [0.1, 0.15) is 0 Å². The minimum Gasteiger partial charge on any atom is -0.467 e. The third kappa shape index (κ3) is 1.64. The summed E-state index contributed by atoms with van der Waals surface area (Å²) in [7, 11) is 1.12. The minimum atomic E-state index is -1.75. The molecular formula is C8H11FO3. The van der Waals surface area contributed by atoms with Crippen molar-refractivity contribution < 1.29 is 19.0 Å². The van der Waals surface area contributed by atoms with Gasteiger partial charge in [-0.2, -0.15) is 0 Å². The fraction of sp³-hybridized carbons (Fsp3) is 0.625. The maximum Gasteiger partial charge on any atom is 0.341 e. The van der Waals surface area contributed by atoms with Crippen LogP contribution in [0.1, 0.15) is 6.42 Å². The number of carbonyl (C=O) groups excluding carboxylic acids is 1. The lowest BCUT2D eigenvalue weighted by Gasteiger charge is -2.15. The molecule has 1 N–H and O–H groups in total. The van der Waals surface area contributed by atoms with Gasteiger partial charge in [-0.05, 0) is 6.42 Å². The number of ether oxygens (including phenoxy) is 1. The first-order chi connectivity index (χ1) is 5.66. The Hall–Kier alpha value is -0.900. The smallest absolute Gasteiger partial charge is 0.341 e. The van der Waals surface area contributed by atoms with E-state index in [2.05, 4.69) is 4.74 Å². The largest absolute Gasteiger partial charge is 0.467 e. The highest BCUT2D eigenvalue weighted by Crippen LogP contribution is 2.24. The van der Waals surface area contributed by atoms with E-state index < -0.39 is 24.2 Å². The molecule has 0 spiro atoms. The molecule has 1 aliphatic carbocycles. The zero-order valence-corrected chi connectivity index (χ0v) is 6.74. The van der Waals surface area contributed by atoms with Crippen LogP contribution in [0.5, 0.6) is 0 Å². The molecule has 0 fully saturated rings. The number of hydrogen-bond acceptors (Lipinski definition) is 3. The Morgan fingerprint density at radius 3 is 2.92 bits per heavy atom. The zero-order chi connectivity index (χ0) is 9.14. The quantitative estimate of drug-likeness (QED) is 0.488. The van der Waals surface area contributed by atoms with Crippen LogP contribution in [0.15, 0.2) is 12.2 Å². The standard InChI is InChI=1S/C8H11FO3/c1-12-8(11)7(9)5-3-2-4-6(5)10/h2-3,5-7,10H,4H2,1H3/t5-,6-,7?/m0/s1. The number of rotatable bonds is 2. The highest BCUT2D eigenvalue weighted by atomic mass is 19.1. The Bertz CT molecular complexity index is 202. The first-order valence-electron chi connectivity index (χ1n) is 3.73. The molecule has 0 heterocycles. The van der Waals surface area contributed by atoms with Crippen LogP contribution < -0.4 is 0 Å². The van der Waals surface area contributed by atoms with Crippen molar-refractivity contribution in [1.82, 2.24) is 0 Å². The van der Waals surface area contributed by atoms with Crippen LogP contribution in [0.4, 0.5) is 4.39 Å². The molecule has 0 bridgehead atoms. The van der Waals surface area contributed by atoms with E-state index in [1.165, 1.54) is 6.08 Å². The van der Waals surface area contributed by atoms with Crippen LogP contribution in [0.25, 0.3) is 0 Å². The van der Waals surface area contributed by atoms with E-state index >= 15 is 0 Å². The van der Waals surface area contributed by atoms with Crippen molar-refractivity contribution >= 4 is 5.97 Å². The van der Waals surface area contributed by atoms with Gasteiger partial charge in [0.05, 0.1) is 13.2 Å². The number of aliphatic hydroxyl groups is 1. The molecule has 0 aromatic carbocycles. The molecule has 0 saturated carbocycles. The molecule has 0 aromatic rings. The summed E-state index contributed by atoms with van der Waals surface area (Å²) in [6.45, 7) is 0. The van der Waals surface area contributed by atoms with Crippen LogP contribution >= 0.6 is 0 Å². The third-order valence-electron chi connectivity index (χ3n) is 1.94. The average Bonchev–Trinajstić information content (AvgIpc) is 2.48. The van der Waals surface area contributed by atoms with Crippen LogP contribution in [-0.4, -0.2) is 30.5 Å². The van der Waals surface area contributed by atoms with E-state index in [0.717, 1.165) is 7.11 Å². The van der Waals surface area contributed by atoms with Gasteiger partial charge in [0, 0.05) is 5.92 Å². The van der Waals surface area contributed by atoms with E-state index in [1.54, 1.807) is 6.08 Å². The Morgan fingerprint density at radius 1 is 1.83 bits per heavy atom. The van der Waals surface area contributed by atoms with Crippen molar-refractivity contribution in [2.45, 2.75) is 18.7 Å². The Kier molecular flexibility index (Phi) is 2.81. The number of carbonyl (C=O) groups is 1. The van der Waals surface area contributed by atoms with Crippen LogP contribution in [0.2, 0.25) is 0 Å². The van der Waals surface area contributed by atoms with Crippen molar-refractivity contribution in [3.05, 3.63) is 12.2 Å². The summed E-state index contributed by atoms with van der Waals surface area (Å²) in [5.74, 6) is -1.66. The second-order valence-electron chi connectivity index (χ2n) is 2.73. The van der Waals surface area contributed by atoms with Gasteiger partial charge in [0.2, 0.25) is 6.17 Å². The molecule has 3 nitrogen and oxygen atoms in total. The third-order valence-corrected chi connectivity index (χ3v) is 1.94. The molecule has 12 heavy (non-hydrogen) atoms. The molecule has 1 unspecified atom stereocenters. The lowest BCUT2D eigenvalue weighted by atomic mass is 10.0. The van der Waals surface area contributed by atoms with Crippen molar-refractivity contribution in [3.8, 4) is 0 Å². The minimum absolute atomic E-state index is 0.405. The first kappa shape index (κ1) is 9.19. The molecule has 0 aliphatic heterocycles. The lowest BCUT2D eigenvalue weighted by molar-refractivity contribution is -0.149. The second-order valence-corrected chi connectivity index (χ2v) is 2.73. The van der Waals surface area contributed by atoms with Crippen LogP contribution in [0, 0.1) is 5.92 Å². The van der Waals surface area contributed by atoms with Gasteiger partial charge in [0.25, 0.3) is 0 Å². The van der Waals surface area contributed by atoms with Gasteiger partial charge in [-0.3, -0.25) is 0 Å². The second kappa shape index (κ2) is 3.67. The number of methoxy groups -OCH3 is 1. The number of esters is 1. The fourth-order valence-electron chi connectivity index (χ4n) is 1.22. The van der Waals surface area contributed by atoms with Gasteiger partial charge >= 0.3 is 5.97 Å². The van der Waals surface area contributed by atoms with Crippen LogP contribution in [-0.2, 0) is 9.53 Å². The molecule has 68 valence electrons. The summed E-state index contributed by atoms with van der Waals surface area (Å²) in [5.41, 5.74) is 0. The van der Waals surface area contributed by atoms with Gasteiger partial charge in [0.15, 0.2) is 0 Å². The average molecular weight is 174 g/mol. The topological polar surface area (TPSA) is 46.5 Å². The Balaban J connectivity index is 2.57. The van der Waals surface area contributed by atoms with Gasteiger partial charge < -0.3 is 9.84 Å². The van der Waals surface area contributed by atoms with E-state index in [-0.39, 0.29) is 0 Å². The van der Waals surface area contributed by atoms with Gasteiger partial charge in [-0.1, -0.05) is 12.2 Å². The molecule has 3 atom stereocenters. The molecule has 0 saturated heterocycles. The van der Waals surface area contributed by atoms with Gasteiger partial charge in [-0.15, -0.1) is 0 Å². The van der Waals surface area contributed by atoms with E-state index in [1.807, 2.05) is 0 Å². The lowest BCUT2D eigenvalue weighted by Crippen LogP contribution is -2.31. The van der Waals surface area contributed by atoms with Crippen molar-refractivity contribution in [2.75, 3.05) is 7.11 Å². The maximum atomic E-state index is 13.1. The van der Waals surface area contributed by atoms with Crippen molar-refractivity contribution in [3.63, 3.8) is 0 Å². The van der Waals surface area contributed by atoms with E-state index in [0.29, 0.717) is 6.42 Å². The SMILES string of the molecule is COC(=O)C(F)[C@H]1C=CC[C@@H]1O. The van der Waals surface area contributed by atoms with Crippen molar-refractivity contribution in [2.24, 2.45) is 5.92 Å². The summed E-state index contributed by atoms with van der Waals surface area (Å²) < 4.78 is 17.3. The molecule has 1 aliphatic rings. The predicted octanol–water partition coefficient (Wildman–Crippen LogP) is 0.434. The summed E-state index contributed by atoms with van der Waals surface area (Å²) in [5, 5.41) is 9.19. The fourth-order valence-corrected chi connectivity index (χ4v) is 1.22. The molecular weight excluding hydrogens is 163 g/mol. The van der Waals surface area contributed by atoms with Crippen LogP contribution in [0.3, 0.4) is 0 Å². The maximum absolute atomic E-state index is 13.1. The number of aliphatic hydroxyl groups excluding tert-OH is 1. The normalized spacial score (nSPS) is 30.2. The molecule has 0 aromatic heterocycles.